The molecule has 4 N–H and O–H groups in total. The second-order valence-corrected chi connectivity index (χ2v) is 37.6. The van der Waals surface area contributed by atoms with Crippen LogP contribution in [0.3, 0.4) is 0 Å². The molecule has 11 rings (SSSR count). The first-order valence-corrected chi connectivity index (χ1v) is 37.8. The van der Waals surface area contributed by atoms with Crippen LogP contribution in [-0.4, -0.2) is 187 Å². The summed E-state index contributed by atoms with van der Waals surface area (Å²) >= 11 is 0. The normalized spacial score (nSPS) is 21.1. The van der Waals surface area contributed by atoms with Crippen LogP contribution in [0.2, 0.25) is 36.3 Å². The Morgan fingerprint density at radius 3 is 1.41 bits per heavy atom. The molecule has 4 aromatic rings. The van der Waals surface area contributed by atoms with Gasteiger partial charge in [-0.25, -0.2) is 0 Å². The average molecular weight is 1390 g/mol. The zero-order valence-corrected chi connectivity index (χ0v) is 61.8. The maximum absolute atomic E-state index is 14.8. The number of ketones is 4. The van der Waals surface area contributed by atoms with Crippen molar-refractivity contribution in [2.24, 2.45) is 0 Å². The van der Waals surface area contributed by atoms with Gasteiger partial charge in [0.1, 0.15) is 17.2 Å². The van der Waals surface area contributed by atoms with Crippen LogP contribution < -0.4 is 32.5 Å². The van der Waals surface area contributed by atoms with Crippen LogP contribution in [0.5, 0.6) is 51.7 Å². The molecular weight excluding hydrogens is 1290 g/mol. The van der Waals surface area contributed by atoms with Crippen LogP contribution in [0, 0.1) is 20.8 Å². The highest BCUT2D eigenvalue weighted by atomic mass is 28.4. The van der Waals surface area contributed by atoms with Crippen molar-refractivity contribution in [2.75, 3.05) is 77.1 Å². The molecule has 6 heterocycles. The summed E-state index contributed by atoms with van der Waals surface area (Å²) in [6, 6.07) is 3.42. The number of amides is 2. The van der Waals surface area contributed by atoms with E-state index in [1.165, 1.54) is 47.2 Å². The van der Waals surface area contributed by atoms with Gasteiger partial charge in [0, 0.05) is 74.2 Å². The molecule has 0 radical (unpaired) electrons. The Kier molecular flexibility index (Phi) is 21.1. The molecule has 2 saturated heterocycles. The van der Waals surface area contributed by atoms with Gasteiger partial charge < -0.3 is 72.2 Å². The molecule has 0 aromatic heterocycles. The van der Waals surface area contributed by atoms with Crippen molar-refractivity contribution in [1.29, 1.82) is 0 Å². The molecular formula is C73H96N4O19Si2. The van der Waals surface area contributed by atoms with Crippen molar-refractivity contribution in [3.8, 4) is 51.7 Å². The molecule has 0 spiro atoms. The van der Waals surface area contributed by atoms with Crippen LogP contribution in [-0.2, 0) is 40.1 Å². The topological polar surface area (TPSA) is 279 Å². The summed E-state index contributed by atoms with van der Waals surface area (Å²) in [4.78, 5) is 91.2. The highest BCUT2D eigenvalue weighted by molar-refractivity contribution is 6.75. The van der Waals surface area contributed by atoms with Crippen molar-refractivity contribution >= 4 is 63.7 Å². The fraction of sp³-hybridized carbons (Fsp3) is 0.479. The number of rotatable bonds is 15. The SMILES string of the molecule is C.CO.COC1=C(C)C(=O)C2=C(C1=O)[C@@H]1C3=Cc4c(O[Si](C)(C)C(C)(C)C)c(C)c(OC)c(OC)c4[C@H](COCc4ccccc4)N3C(=O)[C@H](C2=O)N1C.COc1c(C)c(O)c2c(c1O)[C@@H]1C3=Cc4c(O[Si](C)(C)C(C)(C)C)c(C)c(OC)c(OC)c4[C@H](CO)N3C(=O)[C@H](C2=O)N1C. The number of hydrogen-bond donors (Lipinski definition) is 4. The Labute approximate surface area is 576 Å². The largest absolute Gasteiger partial charge is 0.543 e. The molecule has 6 aliphatic heterocycles. The van der Waals surface area contributed by atoms with Crippen LogP contribution in [0.1, 0.15) is 134 Å². The van der Waals surface area contributed by atoms with Gasteiger partial charge in [-0.15, -0.1) is 0 Å². The number of phenols is 2. The van der Waals surface area contributed by atoms with E-state index >= 15 is 0 Å². The minimum atomic E-state index is -2.49. The number of allylic oxidation sites excluding steroid dienone is 2. The first-order valence-electron chi connectivity index (χ1n) is 32.0. The van der Waals surface area contributed by atoms with Gasteiger partial charge in [0.15, 0.2) is 69.7 Å². The number of ether oxygens (including phenoxy) is 7. The Morgan fingerprint density at radius 1 is 0.520 bits per heavy atom. The smallest absolute Gasteiger partial charge is 0.252 e. The molecule has 98 heavy (non-hydrogen) atoms. The molecule has 4 aromatic carbocycles. The van der Waals surface area contributed by atoms with E-state index < -0.39 is 94.4 Å². The number of phenolic OH excluding ortho intramolecular Hbond substituents is 2. The summed E-state index contributed by atoms with van der Waals surface area (Å²) in [6.45, 7) is 27.9. The van der Waals surface area contributed by atoms with Crippen LogP contribution in [0.15, 0.2) is 64.2 Å². The number of aliphatic hydroxyl groups is 2. The number of methoxy groups -OCH3 is 6. The summed E-state index contributed by atoms with van der Waals surface area (Å²) in [7, 11) is 8.15. The summed E-state index contributed by atoms with van der Waals surface area (Å²) in [6.07, 6.45) is 3.64. The van der Waals surface area contributed by atoms with E-state index in [2.05, 4.69) is 67.7 Å². The van der Waals surface area contributed by atoms with Gasteiger partial charge in [0.2, 0.25) is 5.78 Å². The van der Waals surface area contributed by atoms with Gasteiger partial charge in [0.25, 0.3) is 28.4 Å². The first-order chi connectivity index (χ1) is 45.5. The Bertz CT molecular complexity index is 4100. The van der Waals surface area contributed by atoms with E-state index in [1.54, 1.807) is 49.1 Å². The molecule has 25 heteroatoms. The third-order valence-electron chi connectivity index (χ3n) is 20.8. The molecule has 2 fully saturated rings. The fourth-order valence-corrected chi connectivity index (χ4v) is 16.1. The Hall–Kier alpha value is -8.31. The van der Waals surface area contributed by atoms with Crippen molar-refractivity contribution < 1.29 is 91.2 Å². The number of Topliss-reactive ketones (excluding diaryl/α,β-unsaturated/α-hetero) is 4. The van der Waals surface area contributed by atoms with E-state index in [0.717, 1.165) is 12.7 Å². The lowest BCUT2D eigenvalue weighted by Gasteiger charge is -2.53. The van der Waals surface area contributed by atoms with Gasteiger partial charge >= 0.3 is 0 Å². The number of carbonyl (C=O) groups is 6. The number of benzene rings is 4. The fourth-order valence-electron chi connectivity index (χ4n) is 13.9. The van der Waals surface area contributed by atoms with Crippen LogP contribution in [0.4, 0.5) is 0 Å². The van der Waals surface area contributed by atoms with Gasteiger partial charge in [0.05, 0.1) is 97.8 Å². The summed E-state index contributed by atoms with van der Waals surface area (Å²) in [5.74, 6) is -1.64. The second kappa shape index (κ2) is 27.4. The van der Waals surface area contributed by atoms with Gasteiger partial charge in [-0.3, -0.25) is 38.6 Å². The van der Waals surface area contributed by atoms with Gasteiger partial charge in [-0.2, -0.15) is 0 Å². The summed E-state index contributed by atoms with van der Waals surface area (Å²) in [5, 5.41) is 40.3. The number of nitrogens with zero attached hydrogens (tertiary/aromatic N) is 4. The molecule has 2 amide bonds. The number of aliphatic hydroxyl groups excluding tert-OH is 2. The van der Waals surface area contributed by atoms with Crippen molar-refractivity contribution in [1.82, 2.24) is 19.6 Å². The number of hydrogen-bond acceptors (Lipinski definition) is 21. The molecule has 23 nitrogen and oxygen atoms in total. The molecule has 4 bridgehead atoms. The minimum absolute atomic E-state index is 0. The molecule has 6 atom stereocenters. The lowest BCUT2D eigenvalue weighted by Crippen LogP contribution is -2.67. The predicted molar refractivity (Wildman–Crippen MR) is 374 cm³/mol. The third kappa shape index (κ3) is 11.5. The molecule has 7 aliphatic rings. The van der Waals surface area contributed by atoms with Crippen molar-refractivity contribution in [2.45, 2.75) is 156 Å². The maximum atomic E-state index is 14.8. The summed E-state index contributed by atoms with van der Waals surface area (Å²) in [5.41, 5.74) is 5.49. The lowest BCUT2D eigenvalue weighted by atomic mass is 9.73. The van der Waals surface area contributed by atoms with E-state index in [1.807, 2.05) is 50.3 Å². The zero-order chi connectivity index (χ0) is 72.1. The Balaban J connectivity index is 0.000000244. The third-order valence-corrected chi connectivity index (χ3v) is 29.5. The summed E-state index contributed by atoms with van der Waals surface area (Å²) < 4.78 is 55.0. The number of aromatic hydroxyl groups is 2. The van der Waals surface area contributed by atoms with Gasteiger partial charge in [-0.05, 0) is 95.8 Å². The quantitative estimate of drug-likeness (QED) is 0.0283. The number of carbonyl (C=O) groups excluding carboxylic acids is 6. The van der Waals surface area contributed by atoms with Crippen LogP contribution in [0.25, 0.3) is 12.2 Å². The first kappa shape index (κ1) is 75.5. The molecule has 1 aliphatic carbocycles. The maximum Gasteiger partial charge on any atom is 0.252 e. The zero-order valence-electron chi connectivity index (χ0n) is 59.8. The van der Waals surface area contributed by atoms with Crippen LogP contribution >= 0.6 is 0 Å². The van der Waals surface area contributed by atoms with Crippen molar-refractivity contribution in [3.05, 3.63) is 120 Å². The molecule has 0 unspecified atom stereocenters. The van der Waals surface area contributed by atoms with Gasteiger partial charge in [-0.1, -0.05) is 79.3 Å². The molecule has 530 valence electrons. The number of piperazine rings is 2. The monoisotopic (exact) mass is 1390 g/mol. The van der Waals surface area contributed by atoms with Crippen molar-refractivity contribution in [3.63, 3.8) is 0 Å². The lowest BCUT2D eigenvalue weighted by molar-refractivity contribution is -0.150. The van der Waals surface area contributed by atoms with E-state index in [9.17, 15) is 44.1 Å². The van der Waals surface area contributed by atoms with E-state index in [4.69, 9.17) is 47.1 Å². The average Bonchev–Trinajstić information content (AvgIpc) is 0.697. The second-order valence-electron chi connectivity index (χ2n) is 28.1. The number of likely N-dealkylation sites (N-methyl/N-ethyl adjacent to an activating group) is 2. The highest BCUT2D eigenvalue weighted by Crippen LogP contribution is 2.61. The standard InChI is InChI=1S/C39H46N2O9Si.C32H42N2O9Si.CH4O.CH4/c1-20-31(42)28-27(33(44)35(20)46-7)29-24-17-23-26(37(48-9)36(47-8)21(2)34(23)50-51(10,11)39(3,4)5)25(19-49-18-22-15-13-12-14-16-22)41(24)38(45)30(32(28)43)40(29)6;1-14-24(36)21-20(26(38)28(14)40-7)22-17-12-16-19(18(13-35)34(17)31(39)23(25(21)37)33(22)6)30(42-9)29(41-8)15(2)27(16)43-44(10,11)32(3,4)5;1-2;/h12-17,25,29-30H,18-19H2,1-11H3;12,18,22-23,35-36,38H,13H2,1-11H3;2H,1H3;1H4/t25-,29-,30-;18-,22-,23-;;/m00../s1. The number of fused-ring (bicyclic) bond motifs is 13. The Morgan fingerprint density at radius 2 is 0.959 bits per heavy atom. The minimum Gasteiger partial charge on any atom is -0.543 e. The van der Waals surface area contributed by atoms with E-state index in [-0.39, 0.29) is 87.1 Å². The highest BCUT2D eigenvalue weighted by Gasteiger charge is 2.61. The molecule has 0 saturated carbocycles. The van der Waals surface area contributed by atoms with E-state index in [0.29, 0.717) is 79.3 Å². The predicted octanol–water partition coefficient (Wildman–Crippen LogP) is 10.3.